The van der Waals surface area contributed by atoms with E-state index in [1.165, 1.54) is 31.5 Å². The Morgan fingerprint density at radius 3 is 2.24 bits per heavy atom. The van der Waals surface area contributed by atoms with E-state index in [4.69, 9.17) is 0 Å². The fourth-order valence-electron chi connectivity index (χ4n) is 4.16. The van der Waals surface area contributed by atoms with Crippen molar-refractivity contribution in [2.24, 2.45) is 0 Å². The Hall–Kier alpha value is -2.13. The van der Waals surface area contributed by atoms with Gasteiger partial charge in [0.05, 0.1) is 0 Å². The molecule has 2 aromatic carbocycles. The van der Waals surface area contributed by atoms with Gasteiger partial charge in [-0.05, 0) is 62.0 Å². The van der Waals surface area contributed by atoms with E-state index in [9.17, 15) is 4.79 Å². The summed E-state index contributed by atoms with van der Waals surface area (Å²) in [4.78, 5) is 17.6. The third-order valence-electron chi connectivity index (χ3n) is 5.54. The molecule has 1 amide bonds. The van der Waals surface area contributed by atoms with Gasteiger partial charge in [0.15, 0.2) is 0 Å². The van der Waals surface area contributed by atoms with Crippen LogP contribution in [-0.4, -0.2) is 47.9 Å². The third kappa shape index (κ3) is 3.62. The molecule has 2 aromatic rings. The number of amides is 1. The molecule has 2 aliphatic rings. The molecule has 3 heteroatoms. The van der Waals surface area contributed by atoms with Gasteiger partial charge in [0, 0.05) is 24.7 Å². The Morgan fingerprint density at radius 2 is 1.52 bits per heavy atom. The van der Waals surface area contributed by atoms with Crippen molar-refractivity contribution in [1.82, 2.24) is 9.80 Å². The molecule has 0 unspecified atom stereocenters. The van der Waals surface area contributed by atoms with E-state index in [1.807, 2.05) is 30.3 Å². The van der Waals surface area contributed by atoms with Crippen LogP contribution in [0.2, 0.25) is 0 Å². The van der Waals surface area contributed by atoms with E-state index in [1.54, 1.807) is 0 Å². The van der Waals surface area contributed by atoms with Gasteiger partial charge in [0.25, 0.3) is 5.91 Å². The molecular weight excluding hydrogens is 308 g/mol. The Labute approximate surface area is 150 Å². The minimum Gasteiger partial charge on any atom is -0.334 e. The summed E-state index contributed by atoms with van der Waals surface area (Å²) in [6.45, 7) is 4.35. The molecule has 1 atom stereocenters. The lowest BCUT2D eigenvalue weighted by molar-refractivity contribution is 0.0709. The summed E-state index contributed by atoms with van der Waals surface area (Å²) < 4.78 is 0. The summed E-state index contributed by atoms with van der Waals surface area (Å²) >= 11 is 0. The number of hydrogen-bond donors (Lipinski definition) is 0. The number of benzene rings is 2. The standard InChI is InChI=1S/C22H26N2O/c25-22(24-16-6-9-21(24)17-23-14-4-5-15-23)20-12-10-19(11-13-20)18-7-2-1-3-8-18/h1-3,7-8,10-13,21H,4-6,9,14-17H2/t21-/m0/s1. The van der Waals surface area contributed by atoms with E-state index < -0.39 is 0 Å². The van der Waals surface area contributed by atoms with Crippen molar-refractivity contribution < 1.29 is 4.79 Å². The predicted octanol–water partition coefficient (Wildman–Crippen LogP) is 4.05. The summed E-state index contributed by atoms with van der Waals surface area (Å²) in [5.74, 6) is 0.196. The summed E-state index contributed by atoms with van der Waals surface area (Å²) in [6, 6.07) is 18.8. The van der Waals surface area contributed by atoms with Gasteiger partial charge in [-0.25, -0.2) is 0 Å². The smallest absolute Gasteiger partial charge is 0.254 e. The zero-order valence-corrected chi connectivity index (χ0v) is 14.7. The van der Waals surface area contributed by atoms with Crippen LogP contribution in [0.15, 0.2) is 54.6 Å². The first kappa shape index (κ1) is 16.3. The third-order valence-corrected chi connectivity index (χ3v) is 5.54. The van der Waals surface area contributed by atoms with E-state index in [2.05, 4.69) is 34.1 Å². The van der Waals surface area contributed by atoms with Crippen molar-refractivity contribution >= 4 is 5.91 Å². The number of carbonyl (C=O) groups is 1. The van der Waals surface area contributed by atoms with E-state index in [0.717, 1.165) is 37.1 Å². The number of carbonyl (C=O) groups excluding carboxylic acids is 1. The molecule has 25 heavy (non-hydrogen) atoms. The molecule has 2 fully saturated rings. The summed E-state index contributed by atoms with van der Waals surface area (Å²) in [6.07, 6.45) is 4.89. The lowest BCUT2D eigenvalue weighted by Crippen LogP contribution is -2.42. The van der Waals surface area contributed by atoms with Crippen molar-refractivity contribution in [2.45, 2.75) is 31.7 Å². The molecule has 0 radical (unpaired) electrons. The Kier molecular flexibility index (Phi) is 4.84. The van der Waals surface area contributed by atoms with Crippen LogP contribution in [0, 0.1) is 0 Å². The van der Waals surface area contributed by atoms with Crippen LogP contribution in [0.5, 0.6) is 0 Å². The van der Waals surface area contributed by atoms with Crippen LogP contribution in [-0.2, 0) is 0 Å². The fourth-order valence-corrected chi connectivity index (χ4v) is 4.16. The Balaban J connectivity index is 1.46. The highest BCUT2D eigenvalue weighted by Crippen LogP contribution is 2.24. The van der Waals surface area contributed by atoms with Crippen molar-refractivity contribution in [2.75, 3.05) is 26.2 Å². The van der Waals surface area contributed by atoms with Gasteiger partial charge < -0.3 is 9.80 Å². The monoisotopic (exact) mass is 334 g/mol. The molecule has 0 aliphatic carbocycles. The predicted molar refractivity (Wildman–Crippen MR) is 102 cm³/mol. The second-order valence-corrected chi connectivity index (χ2v) is 7.25. The second kappa shape index (κ2) is 7.40. The lowest BCUT2D eigenvalue weighted by atomic mass is 10.0. The van der Waals surface area contributed by atoms with Crippen LogP contribution < -0.4 is 0 Å². The fraction of sp³-hybridized carbons (Fsp3) is 0.409. The Bertz CT molecular complexity index is 705. The normalized spacial score (nSPS) is 21.0. The van der Waals surface area contributed by atoms with E-state index in [0.29, 0.717) is 6.04 Å². The van der Waals surface area contributed by atoms with Crippen LogP contribution >= 0.6 is 0 Å². The average Bonchev–Trinajstić information content (AvgIpc) is 3.34. The van der Waals surface area contributed by atoms with E-state index in [-0.39, 0.29) is 5.91 Å². The molecule has 0 saturated carbocycles. The van der Waals surface area contributed by atoms with Crippen molar-refractivity contribution in [3.63, 3.8) is 0 Å². The molecule has 130 valence electrons. The van der Waals surface area contributed by atoms with Crippen LogP contribution in [0.4, 0.5) is 0 Å². The largest absolute Gasteiger partial charge is 0.334 e. The molecule has 2 aliphatic heterocycles. The summed E-state index contributed by atoms with van der Waals surface area (Å²) in [5, 5.41) is 0. The quantitative estimate of drug-likeness (QED) is 0.842. The zero-order valence-electron chi connectivity index (χ0n) is 14.7. The number of likely N-dealkylation sites (tertiary alicyclic amines) is 2. The maximum Gasteiger partial charge on any atom is 0.254 e. The molecule has 0 spiro atoms. The van der Waals surface area contributed by atoms with Gasteiger partial charge in [0.2, 0.25) is 0 Å². The number of nitrogens with zero attached hydrogens (tertiary/aromatic N) is 2. The minimum atomic E-state index is 0.196. The topological polar surface area (TPSA) is 23.6 Å². The molecule has 0 aromatic heterocycles. The zero-order chi connectivity index (χ0) is 17.1. The first-order valence-corrected chi connectivity index (χ1v) is 9.50. The highest BCUT2D eigenvalue weighted by molar-refractivity contribution is 5.95. The van der Waals surface area contributed by atoms with Crippen LogP contribution in [0.3, 0.4) is 0 Å². The highest BCUT2D eigenvalue weighted by Gasteiger charge is 2.31. The maximum absolute atomic E-state index is 13.0. The van der Waals surface area contributed by atoms with Crippen molar-refractivity contribution in [1.29, 1.82) is 0 Å². The van der Waals surface area contributed by atoms with Gasteiger partial charge in [-0.1, -0.05) is 42.5 Å². The molecular formula is C22H26N2O. The van der Waals surface area contributed by atoms with E-state index >= 15 is 0 Å². The van der Waals surface area contributed by atoms with Crippen molar-refractivity contribution in [3.05, 3.63) is 60.2 Å². The molecule has 2 heterocycles. The van der Waals surface area contributed by atoms with Gasteiger partial charge in [-0.3, -0.25) is 4.79 Å². The molecule has 2 saturated heterocycles. The first-order chi connectivity index (χ1) is 12.3. The summed E-state index contributed by atoms with van der Waals surface area (Å²) in [5.41, 5.74) is 3.16. The highest BCUT2D eigenvalue weighted by atomic mass is 16.2. The number of rotatable bonds is 4. The summed E-state index contributed by atoms with van der Waals surface area (Å²) in [7, 11) is 0. The van der Waals surface area contributed by atoms with Crippen LogP contribution in [0.25, 0.3) is 11.1 Å². The SMILES string of the molecule is O=C(c1ccc(-c2ccccc2)cc1)N1CCC[C@H]1CN1CCCC1. The van der Waals surface area contributed by atoms with Gasteiger partial charge >= 0.3 is 0 Å². The minimum absolute atomic E-state index is 0.196. The van der Waals surface area contributed by atoms with Gasteiger partial charge in [-0.2, -0.15) is 0 Å². The maximum atomic E-state index is 13.0. The number of hydrogen-bond acceptors (Lipinski definition) is 2. The lowest BCUT2D eigenvalue weighted by Gasteiger charge is -2.28. The van der Waals surface area contributed by atoms with Crippen molar-refractivity contribution in [3.8, 4) is 11.1 Å². The first-order valence-electron chi connectivity index (χ1n) is 9.50. The molecule has 4 rings (SSSR count). The van der Waals surface area contributed by atoms with Gasteiger partial charge in [-0.15, -0.1) is 0 Å². The molecule has 3 nitrogen and oxygen atoms in total. The molecule has 0 bridgehead atoms. The second-order valence-electron chi connectivity index (χ2n) is 7.25. The average molecular weight is 334 g/mol. The molecule has 0 N–H and O–H groups in total. The Morgan fingerprint density at radius 1 is 0.840 bits per heavy atom. The van der Waals surface area contributed by atoms with Gasteiger partial charge in [0.1, 0.15) is 0 Å². The van der Waals surface area contributed by atoms with Crippen LogP contribution in [0.1, 0.15) is 36.0 Å².